The van der Waals surface area contributed by atoms with Crippen molar-refractivity contribution in [2.24, 2.45) is 5.92 Å². The number of allylic oxidation sites excluding steroid dienone is 2. The van der Waals surface area contributed by atoms with Crippen molar-refractivity contribution in [1.29, 1.82) is 0 Å². The van der Waals surface area contributed by atoms with Gasteiger partial charge in [-0.1, -0.05) is 44.2 Å². The van der Waals surface area contributed by atoms with Crippen molar-refractivity contribution in [2.75, 3.05) is 6.61 Å². The van der Waals surface area contributed by atoms with Crippen LogP contribution in [0, 0.1) is 5.92 Å². The molecule has 5 heteroatoms. The summed E-state index contributed by atoms with van der Waals surface area (Å²) in [6.45, 7) is 10.1. The van der Waals surface area contributed by atoms with E-state index >= 15 is 0 Å². The summed E-state index contributed by atoms with van der Waals surface area (Å²) in [5.41, 5.74) is -0.298. The third kappa shape index (κ3) is 7.95. The first-order valence-electron chi connectivity index (χ1n) is 9.88. The quantitative estimate of drug-likeness (QED) is 0.346. The van der Waals surface area contributed by atoms with E-state index in [1.54, 1.807) is 13.8 Å². The Hall–Kier alpha value is -0.805. The first-order valence-corrected chi connectivity index (χ1v) is 9.88. The number of rotatable bonds is 11. The lowest BCUT2D eigenvalue weighted by atomic mass is 9.75. The lowest BCUT2D eigenvalue weighted by Crippen LogP contribution is -2.48. The molecule has 1 aliphatic carbocycles. The van der Waals surface area contributed by atoms with Crippen LogP contribution >= 0.6 is 0 Å². The fraction of sp³-hybridized carbons (Fsp3) is 0.850. The molecule has 1 unspecified atom stereocenters. The van der Waals surface area contributed by atoms with Gasteiger partial charge in [0.25, 0.3) is 0 Å². The van der Waals surface area contributed by atoms with Crippen LogP contribution in [0.2, 0.25) is 0 Å². The molecule has 144 valence electrons. The van der Waals surface area contributed by atoms with Gasteiger partial charge in [-0.2, -0.15) is 0 Å². The van der Waals surface area contributed by atoms with Gasteiger partial charge >= 0.3 is 13.5 Å². The molecule has 0 radical (unpaired) electrons. The Kier molecular flexibility index (Phi) is 9.22. The summed E-state index contributed by atoms with van der Waals surface area (Å²) in [5.74, 6) is -0.0646. The Morgan fingerprint density at radius 3 is 2.48 bits per heavy atom. The molecule has 0 saturated carbocycles. The minimum atomic E-state index is -0.897. The predicted molar refractivity (Wildman–Crippen MR) is 104 cm³/mol. The zero-order valence-corrected chi connectivity index (χ0v) is 16.9. The van der Waals surface area contributed by atoms with E-state index in [-0.39, 0.29) is 11.9 Å². The van der Waals surface area contributed by atoms with Crippen LogP contribution in [0.4, 0.5) is 0 Å². The van der Waals surface area contributed by atoms with Crippen LogP contribution in [0.3, 0.4) is 0 Å². The second-order valence-corrected chi connectivity index (χ2v) is 8.27. The fourth-order valence-electron chi connectivity index (χ4n) is 2.68. The summed E-state index contributed by atoms with van der Waals surface area (Å²) in [6, 6.07) is 0. The topological polar surface area (TPSA) is 55.8 Å². The van der Waals surface area contributed by atoms with Gasteiger partial charge in [0.1, 0.15) is 0 Å². The molecular formula is C20H37BO4. The average molecular weight is 352 g/mol. The van der Waals surface area contributed by atoms with Gasteiger partial charge in [-0.25, -0.2) is 0 Å². The Labute approximate surface area is 154 Å². The number of esters is 1. The number of ether oxygens (including phenoxy) is 1. The molecule has 0 aromatic heterocycles. The average Bonchev–Trinajstić information content (AvgIpc) is 2.55. The molecule has 1 N–H and O–H groups in total. The van der Waals surface area contributed by atoms with Gasteiger partial charge in [0.05, 0.1) is 23.7 Å². The largest absolute Gasteiger partial charge is 0.465 e. The van der Waals surface area contributed by atoms with Crippen LogP contribution in [0.15, 0.2) is 11.5 Å². The van der Waals surface area contributed by atoms with E-state index in [0.717, 1.165) is 32.1 Å². The van der Waals surface area contributed by atoms with Crippen LogP contribution in [-0.2, 0) is 14.2 Å². The minimum Gasteiger partial charge on any atom is -0.465 e. The highest BCUT2D eigenvalue weighted by Crippen LogP contribution is 2.28. The first kappa shape index (κ1) is 22.2. The summed E-state index contributed by atoms with van der Waals surface area (Å²) in [6.07, 6.45) is 10.4. The van der Waals surface area contributed by atoms with Gasteiger partial charge in [-0.05, 0) is 53.4 Å². The Balaban J connectivity index is 2.28. The van der Waals surface area contributed by atoms with Gasteiger partial charge in [0, 0.05) is 0 Å². The molecule has 0 spiro atoms. The van der Waals surface area contributed by atoms with E-state index < -0.39 is 11.2 Å². The molecule has 0 aromatic carbocycles. The van der Waals surface area contributed by atoms with Gasteiger partial charge in [0.15, 0.2) is 0 Å². The van der Waals surface area contributed by atoms with Crippen LogP contribution in [0.25, 0.3) is 0 Å². The molecule has 4 nitrogen and oxygen atoms in total. The number of carbonyl (C=O) groups excluding carboxylic acids is 1. The molecule has 1 rings (SSSR count). The smallest absolute Gasteiger partial charge is 0.309 e. The van der Waals surface area contributed by atoms with Crippen LogP contribution in [-0.4, -0.2) is 36.4 Å². The van der Waals surface area contributed by atoms with Crippen molar-refractivity contribution in [3.05, 3.63) is 11.5 Å². The van der Waals surface area contributed by atoms with Crippen molar-refractivity contribution >= 4 is 13.5 Å². The number of aliphatic hydroxyl groups is 1. The molecule has 1 atom stereocenters. The Morgan fingerprint density at radius 2 is 1.92 bits per heavy atom. The molecule has 0 heterocycles. The normalized spacial score (nSPS) is 18.6. The van der Waals surface area contributed by atoms with E-state index in [4.69, 9.17) is 9.39 Å². The third-order valence-electron chi connectivity index (χ3n) is 5.42. The van der Waals surface area contributed by atoms with Crippen LogP contribution in [0.5, 0.6) is 0 Å². The molecule has 0 aliphatic heterocycles. The van der Waals surface area contributed by atoms with Gasteiger partial charge in [0.2, 0.25) is 0 Å². The van der Waals surface area contributed by atoms with Crippen LogP contribution < -0.4 is 0 Å². The number of hydrogen-bond donors (Lipinski definition) is 1. The maximum absolute atomic E-state index is 12.1. The molecule has 1 aliphatic rings. The Bertz CT molecular complexity index is 437. The lowest BCUT2D eigenvalue weighted by molar-refractivity contribution is -0.148. The first-order chi connectivity index (χ1) is 11.7. The van der Waals surface area contributed by atoms with E-state index in [1.165, 1.54) is 24.7 Å². The predicted octanol–water partition coefficient (Wildman–Crippen LogP) is 4.10. The number of unbranched alkanes of at least 4 members (excludes halogenated alkanes) is 4. The third-order valence-corrected chi connectivity index (χ3v) is 5.42. The maximum atomic E-state index is 12.1. The summed E-state index contributed by atoms with van der Waals surface area (Å²) < 4.78 is 11.3. The maximum Gasteiger partial charge on any atom is 0.309 e. The summed E-state index contributed by atoms with van der Waals surface area (Å²) in [7, 11) is 0.510. The highest BCUT2D eigenvalue weighted by atomic mass is 16.5. The van der Waals surface area contributed by atoms with Gasteiger partial charge < -0.3 is 14.5 Å². The van der Waals surface area contributed by atoms with Crippen molar-refractivity contribution in [1.82, 2.24) is 0 Å². The zero-order chi connectivity index (χ0) is 18.9. The summed E-state index contributed by atoms with van der Waals surface area (Å²) >= 11 is 0. The van der Waals surface area contributed by atoms with Crippen LogP contribution in [0.1, 0.15) is 86.0 Å². The zero-order valence-electron chi connectivity index (χ0n) is 16.9. The molecule has 0 aromatic rings. The molecular weight excluding hydrogens is 315 g/mol. The monoisotopic (exact) mass is 352 g/mol. The molecule has 25 heavy (non-hydrogen) atoms. The molecule has 0 fully saturated rings. The summed E-state index contributed by atoms with van der Waals surface area (Å²) in [5, 5.41) is 10.1. The van der Waals surface area contributed by atoms with E-state index in [1.807, 2.05) is 13.8 Å². The minimum absolute atomic E-state index is 0.0123. The van der Waals surface area contributed by atoms with E-state index in [0.29, 0.717) is 14.1 Å². The van der Waals surface area contributed by atoms with Crippen molar-refractivity contribution in [3.8, 4) is 0 Å². The highest BCUT2D eigenvalue weighted by molar-refractivity contribution is 6.38. The van der Waals surface area contributed by atoms with Crippen molar-refractivity contribution in [3.63, 3.8) is 0 Å². The van der Waals surface area contributed by atoms with Crippen molar-refractivity contribution in [2.45, 2.75) is 97.2 Å². The van der Waals surface area contributed by atoms with Gasteiger partial charge in [-0.3, -0.25) is 4.79 Å². The fourth-order valence-corrected chi connectivity index (χ4v) is 2.68. The Morgan fingerprint density at radius 1 is 1.24 bits per heavy atom. The van der Waals surface area contributed by atoms with E-state index in [2.05, 4.69) is 13.0 Å². The molecule has 0 saturated heterocycles. The van der Waals surface area contributed by atoms with Gasteiger partial charge in [-0.15, -0.1) is 0 Å². The lowest BCUT2D eigenvalue weighted by Gasteiger charge is -2.38. The molecule has 0 amide bonds. The van der Waals surface area contributed by atoms with E-state index in [9.17, 15) is 9.90 Å². The van der Waals surface area contributed by atoms with Crippen molar-refractivity contribution < 1.29 is 19.3 Å². The number of carbonyl (C=O) groups is 1. The second-order valence-electron chi connectivity index (χ2n) is 8.27. The number of hydrogen-bond acceptors (Lipinski definition) is 4. The molecule has 0 bridgehead atoms. The summed E-state index contributed by atoms with van der Waals surface area (Å²) in [4.78, 5) is 12.1. The highest BCUT2D eigenvalue weighted by Gasteiger charge is 2.36. The second kappa shape index (κ2) is 10.4. The SMILES string of the molecule is CCCCCCCOC(=O)C1CC=C(BOC(C)(C)C(C)(C)O)CC1. The standard InChI is InChI=1S/C20H37BO4/c1-6-7-8-9-10-15-24-18(22)16-11-13-17(14-12-16)21-25-20(4,5)19(2,3)23/h13,16,21,23H,6-12,14-15H2,1-5H3.